The molecule has 1 unspecified atom stereocenters. The van der Waals surface area contributed by atoms with Crippen LogP contribution in [0.15, 0.2) is 22.7 Å². The van der Waals surface area contributed by atoms with Gasteiger partial charge in [0, 0.05) is 12.1 Å². The minimum absolute atomic E-state index is 0.0974. The first kappa shape index (κ1) is 20.4. The van der Waals surface area contributed by atoms with Gasteiger partial charge in [0.1, 0.15) is 16.8 Å². The number of carbonyl (C=O) groups is 1. The molecule has 0 heterocycles. The van der Waals surface area contributed by atoms with Crippen molar-refractivity contribution in [1.29, 1.82) is 0 Å². The van der Waals surface area contributed by atoms with E-state index in [9.17, 15) is 4.79 Å². The number of rotatable bonds is 10. The van der Waals surface area contributed by atoms with E-state index in [1.54, 1.807) is 0 Å². The highest BCUT2D eigenvalue weighted by Crippen LogP contribution is 2.37. The first-order valence-corrected chi connectivity index (χ1v) is 8.35. The molecule has 0 bridgehead atoms. The van der Waals surface area contributed by atoms with Crippen molar-refractivity contribution in [3.05, 3.63) is 32.7 Å². The zero-order chi connectivity index (χ0) is 17.2. The molecular formula is C15H16Cl4O4. The van der Waals surface area contributed by atoms with Crippen LogP contribution in [0.1, 0.15) is 19.8 Å². The predicted octanol–water partition coefficient (Wildman–Crippen LogP) is 5.41. The van der Waals surface area contributed by atoms with E-state index in [1.807, 2.05) is 6.92 Å². The molecule has 0 saturated carbocycles. The minimum atomic E-state index is -1.07. The normalized spacial score (nSPS) is 11.7. The molecule has 0 spiro atoms. The fraction of sp³-hybridized carbons (Fsp3) is 0.400. The molecule has 1 atom stereocenters. The highest BCUT2D eigenvalue weighted by molar-refractivity contribution is 6.55. The van der Waals surface area contributed by atoms with Crippen molar-refractivity contribution in [2.45, 2.75) is 26.1 Å². The van der Waals surface area contributed by atoms with Gasteiger partial charge >= 0.3 is 0 Å². The third-order valence-electron chi connectivity index (χ3n) is 2.58. The van der Waals surface area contributed by atoms with Crippen LogP contribution in [-0.2, 0) is 9.53 Å². The van der Waals surface area contributed by atoms with E-state index >= 15 is 0 Å². The Morgan fingerprint density at radius 1 is 1.26 bits per heavy atom. The van der Waals surface area contributed by atoms with Crippen molar-refractivity contribution in [1.82, 2.24) is 0 Å². The minimum Gasteiger partial charge on any atom is -0.489 e. The van der Waals surface area contributed by atoms with Crippen LogP contribution in [0.25, 0.3) is 0 Å². The SMILES string of the molecule is CCCCOC(C=O)Oc1c(Cl)cc(OCC=C(Cl)Cl)cc1Cl. The number of hydrogen-bond acceptors (Lipinski definition) is 4. The number of ether oxygens (including phenoxy) is 3. The summed E-state index contributed by atoms with van der Waals surface area (Å²) in [5.41, 5.74) is 0. The molecule has 0 N–H and O–H groups in total. The van der Waals surface area contributed by atoms with Crippen LogP contribution < -0.4 is 9.47 Å². The predicted molar refractivity (Wildman–Crippen MR) is 93.1 cm³/mol. The van der Waals surface area contributed by atoms with Gasteiger partial charge in [0.05, 0.1) is 16.7 Å². The van der Waals surface area contributed by atoms with E-state index in [2.05, 4.69) is 0 Å². The number of benzene rings is 1. The Bertz CT molecular complexity index is 521. The quantitative estimate of drug-likeness (QED) is 0.298. The summed E-state index contributed by atoms with van der Waals surface area (Å²) in [6.45, 7) is 2.58. The molecule has 23 heavy (non-hydrogen) atoms. The van der Waals surface area contributed by atoms with E-state index in [1.165, 1.54) is 18.2 Å². The molecule has 1 rings (SSSR count). The number of hydrogen-bond donors (Lipinski definition) is 0. The maximum absolute atomic E-state index is 11.0. The Morgan fingerprint density at radius 3 is 2.43 bits per heavy atom. The molecule has 0 saturated heterocycles. The monoisotopic (exact) mass is 400 g/mol. The van der Waals surface area contributed by atoms with Crippen LogP contribution in [0.3, 0.4) is 0 Å². The van der Waals surface area contributed by atoms with Gasteiger partial charge in [0.25, 0.3) is 6.29 Å². The van der Waals surface area contributed by atoms with Crippen LogP contribution in [-0.4, -0.2) is 25.8 Å². The van der Waals surface area contributed by atoms with E-state index in [4.69, 9.17) is 60.6 Å². The highest BCUT2D eigenvalue weighted by Gasteiger charge is 2.16. The first-order chi connectivity index (χ1) is 11.0. The Balaban J connectivity index is 2.75. The lowest BCUT2D eigenvalue weighted by Crippen LogP contribution is -2.23. The van der Waals surface area contributed by atoms with Gasteiger partial charge in [-0.1, -0.05) is 59.7 Å². The van der Waals surface area contributed by atoms with Gasteiger partial charge in [-0.25, -0.2) is 0 Å². The molecule has 128 valence electrons. The Hall–Kier alpha value is -0.650. The summed E-state index contributed by atoms with van der Waals surface area (Å²) in [4.78, 5) is 11.0. The van der Waals surface area contributed by atoms with E-state index in [0.29, 0.717) is 18.6 Å². The van der Waals surface area contributed by atoms with Crippen molar-refractivity contribution in [3.63, 3.8) is 0 Å². The van der Waals surface area contributed by atoms with Crippen LogP contribution in [0.2, 0.25) is 10.0 Å². The molecule has 1 aromatic rings. The summed E-state index contributed by atoms with van der Waals surface area (Å²) in [6, 6.07) is 3.01. The lowest BCUT2D eigenvalue weighted by atomic mass is 10.3. The van der Waals surface area contributed by atoms with E-state index in [-0.39, 0.29) is 26.9 Å². The topological polar surface area (TPSA) is 44.8 Å². The number of carbonyl (C=O) groups excluding carboxylic acids is 1. The summed E-state index contributed by atoms with van der Waals surface area (Å²) in [5.74, 6) is 0.563. The lowest BCUT2D eigenvalue weighted by molar-refractivity contribution is -0.137. The maximum Gasteiger partial charge on any atom is 0.257 e. The van der Waals surface area contributed by atoms with Crippen molar-refractivity contribution >= 4 is 52.7 Å². The molecule has 0 aliphatic heterocycles. The summed E-state index contributed by atoms with van der Waals surface area (Å²) in [6.07, 6.45) is 2.71. The van der Waals surface area contributed by atoms with Gasteiger partial charge in [-0.3, -0.25) is 4.79 Å². The first-order valence-electron chi connectivity index (χ1n) is 6.84. The van der Waals surface area contributed by atoms with Gasteiger partial charge in [0.15, 0.2) is 12.0 Å². The average molecular weight is 402 g/mol. The third-order valence-corrected chi connectivity index (χ3v) is 3.45. The zero-order valence-electron chi connectivity index (χ0n) is 12.4. The Morgan fingerprint density at radius 2 is 1.91 bits per heavy atom. The Kier molecular flexibility index (Phi) is 9.75. The molecule has 0 aliphatic carbocycles. The van der Waals surface area contributed by atoms with Gasteiger partial charge in [0.2, 0.25) is 0 Å². The van der Waals surface area contributed by atoms with Crippen molar-refractivity contribution < 1.29 is 19.0 Å². The van der Waals surface area contributed by atoms with Crippen LogP contribution in [0.5, 0.6) is 11.5 Å². The molecule has 0 fully saturated rings. The van der Waals surface area contributed by atoms with Gasteiger partial charge in [-0.05, 0) is 12.5 Å². The summed E-state index contributed by atoms with van der Waals surface area (Å²) in [7, 11) is 0. The standard InChI is InChI=1S/C15H16Cl4O4/c1-2-3-5-22-14(9-20)23-15-11(16)7-10(8-12(15)17)21-6-4-13(18)19/h4,7-9,14H,2-3,5-6H2,1H3. The molecular weight excluding hydrogens is 386 g/mol. The second-order valence-electron chi connectivity index (χ2n) is 4.37. The second-order valence-corrected chi connectivity index (χ2v) is 6.19. The van der Waals surface area contributed by atoms with Crippen LogP contribution in [0, 0.1) is 0 Å². The van der Waals surface area contributed by atoms with Gasteiger partial charge < -0.3 is 14.2 Å². The fourth-order valence-electron chi connectivity index (χ4n) is 1.49. The van der Waals surface area contributed by atoms with E-state index in [0.717, 1.165) is 12.8 Å². The third kappa shape index (κ3) is 7.64. The molecule has 0 aromatic heterocycles. The summed E-state index contributed by atoms with van der Waals surface area (Å²) < 4.78 is 16.2. The summed E-state index contributed by atoms with van der Waals surface area (Å²) in [5, 5.41) is 0.388. The Labute approximate surface area is 155 Å². The molecule has 0 radical (unpaired) electrons. The number of halogens is 4. The van der Waals surface area contributed by atoms with Gasteiger partial charge in [-0.15, -0.1) is 0 Å². The number of aldehydes is 1. The van der Waals surface area contributed by atoms with E-state index < -0.39 is 6.29 Å². The van der Waals surface area contributed by atoms with Crippen LogP contribution >= 0.6 is 46.4 Å². The maximum atomic E-state index is 11.0. The largest absolute Gasteiger partial charge is 0.489 e. The van der Waals surface area contributed by atoms with Crippen molar-refractivity contribution in [2.75, 3.05) is 13.2 Å². The molecule has 8 heteroatoms. The molecule has 4 nitrogen and oxygen atoms in total. The second kappa shape index (κ2) is 11.0. The fourth-order valence-corrected chi connectivity index (χ4v) is 2.18. The van der Waals surface area contributed by atoms with Crippen molar-refractivity contribution in [2.24, 2.45) is 0 Å². The van der Waals surface area contributed by atoms with Crippen LogP contribution in [0.4, 0.5) is 0 Å². The molecule has 0 aliphatic rings. The molecule has 1 aromatic carbocycles. The summed E-state index contributed by atoms with van der Waals surface area (Å²) >= 11 is 23.2. The molecule has 0 amide bonds. The highest BCUT2D eigenvalue weighted by atomic mass is 35.5. The van der Waals surface area contributed by atoms with Gasteiger partial charge in [-0.2, -0.15) is 0 Å². The van der Waals surface area contributed by atoms with Crippen molar-refractivity contribution in [3.8, 4) is 11.5 Å². The average Bonchev–Trinajstić information content (AvgIpc) is 2.49. The lowest BCUT2D eigenvalue weighted by Gasteiger charge is -2.17. The zero-order valence-corrected chi connectivity index (χ0v) is 15.4. The number of unbranched alkanes of at least 4 members (excludes halogenated alkanes) is 1. The smallest absolute Gasteiger partial charge is 0.257 e.